The molecule has 5 unspecified atom stereocenters. The van der Waals surface area contributed by atoms with Crippen LogP contribution >= 0.6 is 0 Å². The molecule has 2 aliphatic carbocycles. The Balaban J connectivity index is 0.000000232. The van der Waals surface area contributed by atoms with Gasteiger partial charge in [-0.1, -0.05) is 19.8 Å². The lowest BCUT2D eigenvalue weighted by Crippen LogP contribution is -2.25. The topological polar surface area (TPSA) is 86.7 Å². The van der Waals surface area contributed by atoms with Crippen LogP contribution in [-0.2, 0) is 28.7 Å². The number of cyclic esters (lactones) is 4. The number of carbonyl (C=O) groups is 4. The smallest absolute Gasteiger partial charge is 0.317 e. The van der Waals surface area contributed by atoms with Gasteiger partial charge in [0.15, 0.2) is 0 Å². The minimum Gasteiger partial charge on any atom is -0.393 e. The van der Waals surface area contributed by atoms with Gasteiger partial charge in [-0.3, -0.25) is 19.2 Å². The molecule has 0 amide bonds. The third kappa shape index (κ3) is 3.16. The van der Waals surface area contributed by atoms with Crippen molar-refractivity contribution >= 4 is 23.9 Å². The van der Waals surface area contributed by atoms with Gasteiger partial charge >= 0.3 is 23.9 Å². The highest BCUT2D eigenvalue weighted by Crippen LogP contribution is 2.39. The second-order valence-corrected chi connectivity index (χ2v) is 7.11. The molecule has 2 saturated carbocycles. The van der Waals surface area contributed by atoms with Crippen LogP contribution in [0.2, 0.25) is 0 Å². The molecule has 0 radical (unpaired) electrons. The van der Waals surface area contributed by atoms with Gasteiger partial charge in [0.05, 0.1) is 23.7 Å². The molecule has 4 rings (SSSR count). The van der Waals surface area contributed by atoms with E-state index in [0.717, 1.165) is 44.9 Å². The SMILES string of the molecule is CC1CCC2C(=O)OC(=O)C2C1.O=C1OC(=O)C2CCCCC12.[HH].[HH]. The summed E-state index contributed by atoms with van der Waals surface area (Å²) < 4.78 is 9.11. The Morgan fingerprint density at radius 2 is 1.13 bits per heavy atom. The molecule has 0 spiro atoms. The van der Waals surface area contributed by atoms with Crippen molar-refractivity contribution in [1.82, 2.24) is 0 Å². The molecule has 6 heteroatoms. The summed E-state index contributed by atoms with van der Waals surface area (Å²) in [5.74, 6) is -1.06. The van der Waals surface area contributed by atoms with Crippen molar-refractivity contribution in [2.75, 3.05) is 0 Å². The molecule has 4 aliphatic rings. The summed E-state index contributed by atoms with van der Waals surface area (Å²) in [5.41, 5.74) is 0. The summed E-state index contributed by atoms with van der Waals surface area (Å²) in [7, 11) is 0. The van der Waals surface area contributed by atoms with Crippen LogP contribution in [0.5, 0.6) is 0 Å². The molecule has 5 atom stereocenters. The Labute approximate surface area is 137 Å². The predicted octanol–water partition coefficient (Wildman–Crippen LogP) is 2.49. The van der Waals surface area contributed by atoms with E-state index < -0.39 is 0 Å². The highest BCUT2D eigenvalue weighted by atomic mass is 16.6. The van der Waals surface area contributed by atoms with Crippen molar-refractivity contribution < 1.29 is 31.5 Å². The first kappa shape index (κ1) is 16.1. The lowest BCUT2D eigenvalue weighted by atomic mass is 9.76. The van der Waals surface area contributed by atoms with Crippen LogP contribution in [0.3, 0.4) is 0 Å². The van der Waals surface area contributed by atoms with Crippen molar-refractivity contribution in [2.45, 2.75) is 51.9 Å². The van der Waals surface area contributed by atoms with E-state index in [2.05, 4.69) is 16.4 Å². The van der Waals surface area contributed by atoms with Gasteiger partial charge in [-0.25, -0.2) is 0 Å². The molecule has 2 heterocycles. The molecular weight excluding hydrogens is 300 g/mol. The van der Waals surface area contributed by atoms with E-state index in [1.54, 1.807) is 0 Å². The number of rotatable bonds is 0. The average molecular weight is 326 g/mol. The maximum absolute atomic E-state index is 11.1. The quantitative estimate of drug-likeness (QED) is 0.502. The molecule has 2 saturated heterocycles. The summed E-state index contributed by atoms with van der Waals surface area (Å²) in [5, 5.41) is 0. The number of carbonyl (C=O) groups excluding carboxylic acids is 4. The van der Waals surface area contributed by atoms with Crippen molar-refractivity contribution in [3.8, 4) is 0 Å². The zero-order valence-electron chi connectivity index (χ0n) is 13.3. The fraction of sp³-hybridized carbons (Fsp3) is 0.765. The maximum Gasteiger partial charge on any atom is 0.317 e. The number of ether oxygens (including phenoxy) is 2. The van der Waals surface area contributed by atoms with E-state index >= 15 is 0 Å². The molecule has 4 fully saturated rings. The Hall–Kier alpha value is -1.72. The molecule has 0 N–H and O–H groups in total. The minimum absolute atomic E-state index is 0. The van der Waals surface area contributed by atoms with Gasteiger partial charge in [0.1, 0.15) is 0 Å². The molecule has 0 aromatic carbocycles. The standard InChI is InChI=1S/C9H12O3.C8H10O3.2H2/c1-5-2-3-6-7(4-5)9(11)12-8(6)10;9-7-5-3-1-2-4-6(5)8(10)11-7;;/h5-7H,2-4H2,1H3;5-6H,1-4H2;2*1H. The first-order valence-corrected chi connectivity index (χ1v) is 8.48. The van der Waals surface area contributed by atoms with Crippen LogP contribution in [0.25, 0.3) is 0 Å². The first-order chi connectivity index (χ1) is 11.0. The van der Waals surface area contributed by atoms with Crippen LogP contribution in [0.1, 0.15) is 54.7 Å². The van der Waals surface area contributed by atoms with E-state index in [4.69, 9.17) is 0 Å². The third-order valence-corrected chi connectivity index (χ3v) is 5.49. The second kappa shape index (κ2) is 6.42. The molecule has 0 aromatic rings. The van der Waals surface area contributed by atoms with Gasteiger partial charge < -0.3 is 9.47 Å². The molecule has 130 valence electrons. The summed E-state index contributed by atoms with van der Waals surface area (Å²) in [6.45, 7) is 2.12. The van der Waals surface area contributed by atoms with E-state index in [1.165, 1.54) is 0 Å². The second-order valence-electron chi connectivity index (χ2n) is 7.11. The van der Waals surface area contributed by atoms with Gasteiger partial charge in [0, 0.05) is 2.85 Å². The van der Waals surface area contributed by atoms with Crippen molar-refractivity contribution in [3.63, 3.8) is 0 Å². The van der Waals surface area contributed by atoms with Crippen molar-refractivity contribution in [3.05, 3.63) is 0 Å². The third-order valence-electron chi connectivity index (χ3n) is 5.49. The van der Waals surface area contributed by atoms with Crippen LogP contribution in [0.4, 0.5) is 0 Å². The van der Waals surface area contributed by atoms with E-state index in [1.807, 2.05) is 0 Å². The zero-order valence-corrected chi connectivity index (χ0v) is 13.3. The largest absolute Gasteiger partial charge is 0.393 e. The Kier molecular flexibility index (Phi) is 4.50. The number of hydrogen-bond donors (Lipinski definition) is 0. The molecule has 0 aromatic heterocycles. The maximum atomic E-state index is 11.1. The van der Waals surface area contributed by atoms with E-state index in [0.29, 0.717) is 5.92 Å². The van der Waals surface area contributed by atoms with Crippen LogP contribution in [0, 0.1) is 29.6 Å². The molecule has 6 nitrogen and oxygen atoms in total. The fourth-order valence-corrected chi connectivity index (χ4v) is 4.12. The molecule has 23 heavy (non-hydrogen) atoms. The molecular formula is C17H26O6. The van der Waals surface area contributed by atoms with Crippen molar-refractivity contribution in [2.24, 2.45) is 29.6 Å². The minimum atomic E-state index is -0.295. The lowest BCUT2D eigenvalue weighted by molar-refractivity contribution is -0.155. The molecule has 2 aliphatic heterocycles. The van der Waals surface area contributed by atoms with Crippen LogP contribution < -0.4 is 0 Å². The summed E-state index contributed by atoms with van der Waals surface area (Å²) in [4.78, 5) is 44.2. The highest BCUT2D eigenvalue weighted by molar-refractivity contribution is 5.97. The van der Waals surface area contributed by atoms with Gasteiger partial charge in [0.2, 0.25) is 0 Å². The van der Waals surface area contributed by atoms with Gasteiger partial charge in [-0.2, -0.15) is 0 Å². The Morgan fingerprint density at radius 1 is 0.696 bits per heavy atom. The Bertz CT molecular complexity index is 527. The van der Waals surface area contributed by atoms with Gasteiger partial charge in [0.25, 0.3) is 0 Å². The zero-order chi connectivity index (χ0) is 16.6. The lowest BCUT2D eigenvalue weighted by Gasteiger charge is -2.24. The summed E-state index contributed by atoms with van der Waals surface area (Å²) in [6, 6.07) is 0. The monoisotopic (exact) mass is 326 g/mol. The van der Waals surface area contributed by atoms with Crippen LogP contribution in [0.15, 0.2) is 0 Å². The number of esters is 4. The fourth-order valence-electron chi connectivity index (χ4n) is 4.12. The highest BCUT2D eigenvalue weighted by Gasteiger charge is 2.46. The van der Waals surface area contributed by atoms with Gasteiger partial charge in [-0.05, 0) is 38.0 Å². The average Bonchev–Trinajstić information content (AvgIpc) is 2.97. The Morgan fingerprint density at radius 3 is 1.65 bits per heavy atom. The summed E-state index contributed by atoms with van der Waals surface area (Å²) >= 11 is 0. The predicted molar refractivity (Wildman–Crippen MR) is 81.9 cm³/mol. The van der Waals surface area contributed by atoms with E-state index in [-0.39, 0.29) is 50.4 Å². The summed E-state index contributed by atoms with van der Waals surface area (Å²) in [6.07, 6.45) is 6.51. The van der Waals surface area contributed by atoms with Crippen molar-refractivity contribution in [1.29, 1.82) is 0 Å². The van der Waals surface area contributed by atoms with Gasteiger partial charge in [-0.15, -0.1) is 0 Å². The normalized spacial score (nSPS) is 38.9. The molecule has 0 bridgehead atoms. The number of hydrogen-bond acceptors (Lipinski definition) is 6. The number of fused-ring (bicyclic) bond motifs is 2. The first-order valence-electron chi connectivity index (χ1n) is 8.48. The van der Waals surface area contributed by atoms with E-state index in [9.17, 15) is 19.2 Å². The van der Waals surface area contributed by atoms with Crippen LogP contribution in [-0.4, -0.2) is 23.9 Å².